The summed E-state index contributed by atoms with van der Waals surface area (Å²) >= 11 is 12.0. The maximum absolute atomic E-state index is 12.4. The Morgan fingerprint density at radius 1 is 1.21 bits per heavy atom. The molecule has 28 heavy (non-hydrogen) atoms. The van der Waals surface area contributed by atoms with Gasteiger partial charge in [-0.1, -0.05) is 41.4 Å². The maximum Gasteiger partial charge on any atom is 0.270 e. The summed E-state index contributed by atoms with van der Waals surface area (Å²) in [6.07, 6.45) is 0.495. The van der Waals surface area contributed by atoms with E-state index in [2.05, 4.69) is 21.4 Å². The Hall–Kier alpha value is -2.52. The minimum atomic E-state index is -0.499. The van der Waals surface area contributed by atoms with Crippen LogP contribution in [0.25, 0.3) is 0 Å². The standard InChI is InChI=1S/C18H17Cl2N5O3/c1-10(11-3-2-4-13(7-11)25(27)28)21-24-18(26)17-9-16(22-23-17)12-5-6-14(19)15(20)8-12/h2-8,16-17,22-23H,9H2,1H3,(H,24,26)/b21-10-. The second kappa shape index (κ2) is 8.66. The number of nitro groups is 1. The molecule has 2 aromatic rings. The van der Waals surface area contributed by atoms with Crippen molar-refractivity contribution < 1.29 is 9.72 Å². The van der Waals surface area contributed by atoms with Crippen molar-refractivity contribution >= 4 is 40.5 Å². The fourth-order valence-electron chi connectivity index (χ4n) is 2.80. The molecule has 0 aromatic heterocycles. The molecule has 3 rings (SSSR count). The van der Waals surface area contributed by atoms with E-state index in [-0.39, 0.29) is 17.6 Å². The normalized spacial score (nSPS) is 19.5. The number of benzene rings is 2. The molecule has 10 heteroatoms. The summed E-state index contributed by atoms with van der Waals surface area (Å²) in [5, 5.41) is 15.8. The van der Waals surface area contributed by atoms with Crippen molar-refractivity contribution in [1.29, 1.82) is 0 Å². The Labute approximate surface area is 171 Å². The van der Waals surface area contributed by atoms with E-state index in [1.54, 1.807) is 31.2 Å². The highest BCUT2D eigenvalue weighted by Crippen LogP contribution is 2.29. The third-order valence-corrected chi connectivity index (χ3v) is 5.11. The number of carbonyl (C=O) groups is 1. The van der Waals surface area contributed by atoms with Crippen LogP contribution in [0.3, 0.4) is 0 Å². The van der Waals surface area contributed by atoms with Crippen molar-refractivity contribution in [2.24, 2.45) is 5.10 Å². The van der Waals surface area contributed by atoms with E-state index in [0.717, 1.165) is 5.56 Å². The molecule has 0 aliphatic carbocycles. The largest absolute Gasteiger partial charge is 0.271 e. The van der Waals surface area contributed by atoms with Gasteiger partial charge in [0.1, 0.15) is 6.04 Å². The quantitative estimate of drug-likeness (QED) is 0.389. The van der Waals surface area contributed by atoms with Gasteiger partial charge in [0.2, 0.25) is 0 Å². The molecular formula is C18H17Cl2N5O3. The number of hydrogen-bond acceptors (Lipinski definition) is 6. The van der Waals surface area contributed by atoms with E-state index >= 15 is 0 Å². The van der Waals surface area contributed by atoms with Crippen molar-refractivity contribution in [2.75, 3.05) is 0 Å². The molecule has 1 aliphatic rings. The number of hydrazine groups is 1. The first kappa shape index (κ1) is 20.2. The third kappa shape index (κ3) is 4.66. The van der Waals surface area contributed by atoms with Crippen LogP contribution in [-0.2, 0) is 4.79 Å². The molecule has 0 bridgehead atoms. The van der Waals surface area contributed by atoms with Crippen LogP contribution < -0.4 is 16.3 Å². The Balaban J connectivity index is 1.62. The Morgan fingerprint density at radius 3 is 2.71 bits per heavy atom. The van der Waals surface area contributed by atoms with E-state index in [1.807, 2.05) is 6.07 Å². The van der Waals surface area contributed by atoms with Crippen molar-refractivity contribution in [3.63, 3.8) is 0 Å². The summed E-state index contributed by atoms with van der Waals surface area (Å²) in [5.74, 6) is -0.320. The minimum Gasteiger partial charge on any atom is -0.271 e. The molecule has 0 saturated carbocycles. The highest BCUT2D eigenvalue weighted by atomic mass is 35.5. The average molecular weight is 422 g/mol. The summed E-state index contributed by atoms with van der Waals surface area (Å²) in [6, 6.07) is 10.8. The highest BCUT2D eigenvalue weighted by molar-refractivity contribution is 6.42. The summed E-state index contributed by atoms with van der Waals surface area (Å²) in [4.78, 5) is 22.8. The highest BCUT2D eigenvalue weighted by Gasteiger charge is 2.30. The molecule has 1 fully saturated rings. The number of hydrogen-bond donors (Lipinski definition) is 3. The summed E-state index contributed by atoms with van der Waals surface area (Å²) in [7, 11) is 0. The van der Waals surface area contributed by atoms with Gasteiger partial charge in [-0.15, -0.1) is 0 Å². The molecular weight excluding hydrogens is 405 g/mol. The van der Waals surface area contributed by atoms with Crippen LogP contribution in [0.1, 0.15) is 30.5 Å². The van der Waals surface area contributed by atoms with Crippen molar-refractivity contribution in [3.8, 4) is 0 Å². The van der Waals surface area contributed by atoms with Crippen LogP contribution >= 0.6 is 23.2 Å². The smallest absolute Gasteiger partial charge is 0.270 e. The summed E-state index contributed by atoms with van der Waals surface area (Å²) < 4.78 is 0. The van der Waals surface area contributed by atoms with Crippen LogP contribution in [0.15, 0.2) is 47.6 Å². The molecule has 0 spiro atoms. The van der Waals surface area contributed by atoms with Gasteiger partial charge >= 0.3 is 0 Å². The van der Waals surface area contributed by atoms with E-state index in [1.165, 1.54) is 12.1 Å². The van der Waals surface area contributed by atoms with Crippen LogP contribution in [0.4, 0.5) is 5.69 Å². The molecule has 0 radical (unpaired) electrons. The summed E-state index contributed by atoms with van der Waals surface area (Å²) in [6.45, 7) is 1.66. The fraction of sp³-hybridized carbons (Fsp3) is 0.222. The lowest BCUT2D eigenvalue weighted by Crippen LogP contribution is -2.41. The summed E-state index contributed by atoms with van der Waals surface area (Å²) in [5.41, 5.74) is 10.4. The lowest BCUT2D eigenvalue weighted by molar-refractivity contribution is -0.384. The van der Waals surface area contributed by atoms with Crippen molar-refractivity contribution in [1.82, 2.24) is 16.3 Å². The fourth-order valence-corrected chi connectivity index (χ4v) is 3.11. The number of halogens is 2. The average Bonchev–Trinajstić information content (AvgIpc) is 3.18. The van der Waals surface area contributed by atoms with Gasteiger partial charge in [-0.05, 0) is 31.0 Å². The second-order valence-electron chi connectivity index (χ2n) is 6.28. The molecule has 1 aliphatic heterocycles. The van der Waals surface area contributed by atoms with Gasteiger partial charge in [0, 0.05) is 23.7 Å². The Bertz CT molecular complexity index is 951. The number of hydrazone groups is 1. The van der Waals surface area contributed by atoms with Gasteiger partial charge in [0.05, 0.1) is 20.7 Å². The Morgan fingerprint density at radius 2 is 2.00 bits per heavy atom. The van der Waals surface area contributed by atoms with Crippen molar-refractivity contribution in [2.45, 2.75) is 25.4 Å². The van der Waals surface area contributed by atoms with Gasteiger partial charge in [-0.2, -0.15) is 5.10 Å². The van der Waals surface area contributed by atoms with Crippen LogP contribution in [0, 0.1) is 10.1 Å². The number of amides is 1. The monoisotopic (exact) mass is 421 g/mol. The van der Waals surface area contributed by atoms with E-state index in [4.69, 9.17) is 23.2 Å². The molecule has 2 unspecified atom stereocenters. The maximum atomic E-state index is 12.4. The molecule has 1 saturated heterocycles. The SMILES string of the molecule is C/C(=N/NC(=O)C1CC(c2ccc(Cl)c(Cl)c2)NN1)c1cccc([N+](=O)[O-])c1. The lowest BCUT2D eigenvalue weighted by atomic mass is 10.0. The van der Waals surface area contributed by atoms with E-state index in [9.17, 15) is 14.9 Å². The zero-order valence-corrected chi connectivity index (χ0v) is 16.3. The lowest BCUT2D eigenvalue weighted by Gasteiger charge is -2.10. The first-order valence-electron chi connectivity index (χ1n) is 8.40. The predicted molar refractivity (Wildman–Crippen MR) is 107 cm³/mol. The second-order valence-corrected chi connectivity index (χ2v) is 7.10. The molecule has 3 N–H and O–H groups in total. The Kier molecular flexibility index (Phi) is 6.25. The first-order valence-corrected chi connectivity index (χ1v) is 9.15. The number of non-ortho nitro benzene ring substituents is 1. The van der Waals surface area contributed by atoms with Crippen LogP contribution in [0.5, 0.6) is 0 Å². The van der Waals surface area contributed by atoms with E-state index < -0.39 is 11.0 Å². The predicted octanol–water partition coefficient (Wildman–Crippen LogP) is 3.35. The zero-order chi connectivity index (χ0) is 20.3. The van der Waals surface area contributed by atoms with Gasteiger partial charge in [0.25, 0.3) is 11.6 Å². The van der Waals surface area contributed by atoms with Gasteiger partial charge in [0.15, 0.2) is 0 Å². The first-order chi connectivity index (χ1) is 13.3. The van der Waals surface area contributed by atoms with Crippen LogP contribution in [-0.4, -0.2) is 22.6 Å². The number of nitrogens with one attached hydrogen (secondary N) is 3. The zero-order valence-electron chi connectivity index (χ0n) is 14.8. The minimum absolute atomic E-state index is 0.0375. The topological polar surface area (TPSA) is 109 Å². The molecule has 2 aromatic carbocycles. The number of rotatable bonds is 5. The number of nitrogens with zero attached hydrogens (tertiary/aromatic N) is 2. The molecule has 8 nitrogen and oxygen atoms in total. The molecule has 1 amide bonds. The van der Waals surface area contributed by atoms with E-state index in [0.29, 0.717) is 27.7 Å². The molecule has 146 valence electrons. The van der Waals surface area contributed by atoms with Gasteiger partial charge < -0.3 is 0 Å². The number of carbonyl (C=O) groups excluding carboxylic acids is 1. The molecule has 1 heterocycles. The van der Waals surface area contributed by atoms with Gasteiger partial charge in [-0.25, -0.2) is 16.3 Å². The van der Waals surface area contributed by atoms with Crippen LogP contribution in [0.2, 0.25) is 10.0 Å². The number of nitro benzene ring substituents is 1. The third-order valence-electron chi connectivity index (χ3n) is 4.37. The van der Waals surface area contributed by atoms with Gasteiger partial charge in [-0.3, -0.25) is 14.9 Å². The molecule has 2 atom stereocenters. The van der Waals surface area contributed by atoms with Crippen molar-refractivity contribution in [3.05, 3.63) is 73.8 Å².